The lowest BCUT2D eigenvalue weighted by atomic mass is 9.91. The van der Waals surface area contributed by atoms with Crippen LogP contribution in [0.1, 0.15) is 43.5 Å². The van der Waals surface area contributed by atoms with Crippen LogP contribution in [-0.2, 0) is 10.3 Å². The fourth-order valence-electron chi connectivity index (χ4n) is 3.97. The average molecular weight is 363 g/mol. The highest BCUT2D eigenvalue weighted by molar-refractivity contribution is 5.74. The van der Waals surface area contributed by atoms with Crippen molar-refractivity contribution in [1.82, 2.24) is 4.90 Å². The second kappa shape index (κ2) is 6.15. The zero-order chi connectivity index (χ0) is 19.2. The van der Waals surface area contributed by atoms with E-state index in [-0.39, 0.29) is 12.1 Å². The zero-order valence-corrected chi connectivity index (χ0v) is 16.2. The van der Waals surface area contributed by atoms with Crippen molar-refractivity contribution < 1.29 is 14.3 Å². The Kier molecular flexibility index (Phi) is 4.02. The van der Waals surface area contributed by atoms with Crippen molar-refractivity contribution in [2.75, 3.05) is 6.61 Å². The Morgan fingerprint density at radius 3 is 2.59 bits per heavy atom. The molecule has 0 unspecified atom stereocenters. The number of para-hydroxylation sites is 1. The van der Waals surface area contributed by atoms with E-state index in [9.17, 15) is 4.79 Å². The number of rotatable bonds is 1. The summed E-state index contributed by atoms with van der Waals surface area (Å²) in [5, 5.41) is 0. The van der Waals surface area contributed by atoms with Crippen molar-refractivity contribution in [1.29, 1.82) is 0 Å². The molecule has 0 saturated heterocycles. The number of carbonyl (C=O) groups excluding carboxylic acids is 1. The summed E-state index contributed by atoms with van der Waals surface area (Å²) in [6.07, 6.45) is 3.86. The van der Waals surface area contributed by atoms with Crippen LogP contribution in [0.4, 0.5) is 4.79 Å². The van der Waals surface area contributed by atoms with Crippen LogP contribution in [0.25, 0.3) is 0 Å². The van der Waals surface area contributed by atoms with Gasteiger partial charge in [-0.05, 0) is 44.9 Å². The topological polar surface area (TPSA) is 38.8 Å². The Labute approximate surface area is 160 Å². The number of benzene rings is 2. The molecule has 0 radical (unpaired) electrons. The van der Waals surface area contributed by atoms with E-state index in [0.29, 0.717) is 6.61 Å². The van der Waals surface area contributed by atoms with Crippen LogP contribution in [0, 0.1) is 6.92 Å². The highest BCUT2D eigenvalue weighted by Crippen LogP contribution is 2.50. The molecule has 1 amide bonds. The summed E-state index contributed by atoms with van der Waals surface area (Å²) < 4.78 is 11.8. The number of hydrogen-bond acceptors (Lipinski definition) is 3. The Bertz CT molecular complexity index is 912. The Balaban J connectivity index is 1.83. The van der Waals surface area contributed by atoms with Gasteiger partial charge in [0.25, 0.3) is 0 Å². The van der Waals surface area contributed by atoms with Crippen molar-refractivity contribution in [2.24, 2.45) is 0 Å². The van der Waals surface area contributed by atoms with E-state index in [1.807, 2.05) is 62.1 Å². The van der Waals surface area contributed by atoms with Gasteiger partial charge in [-0.2, -0.15) is 0 Å². The quantitative estimate of drug-likeness (QED) is 0.659. The van der Waals surface area contributed by atoms with Crippen LogP contribution in [-0.4, -0.2) is 23.2 Å². The van der Waals surface area contributed by atoms with Crippen LogP contribution >= 0.6 is 0 Å². The molecule has 27 heavy (non-hydrogen) atoms. The summed E-state index contributed by atoms with van der Waals surface area (Å²) in [5.41, 5.74) is 2.02. The lowest BCUT2D eigenvalue weighted by Gasteiger charge is -2.39. The summed E-state index contributed by atoms with van der Waals surface area (Å²) in [7, 11) is 0. The van der Waals surface area contributed by atoms with Crippen molar-refractivity contribution in [3.05, 3.63) is 77.4 Å². The number of ether oxygens (including phenoxy) is 2. The van der Waals surface area contributed by atoms with E-state index >= 15 is 0 Å². The molecular formula is C23H25NO3. The molecule has 0 saturated carbocycles. The average Bonchev–Trinajstić information content (AvgIpc) is 3.17. The number of amides is 1. The third-order valence-corrected chi connectivity index (χ3v) is 5.16. The molecule has 4 nitrogen and oxygen atoms in total. The third kappa shape index (κ3) is 2.89. The number of nitrogens with zero attached hydrogens (tertiary/aromatic N) is 1. The molecule has 2 atom stereocenters. The van der Waals surface area contributed by atoms with Gasteiger partial charge in [0, 0.05) is 5.56 Å². The molecule has 4 rings (SSSR count). The first-order valence-corrected chi connectivity index (χ1v) is 9.31. The second-order valence-electron chi connectivity index (χ2n) is 8.22. The minimum atomic E-state index is -0.647. The van der Waals surface area contributed by atoms with E-state index in [4.69, 9.17) is 9.47 Å². The maximum atomic E-state index is 13.3. The first kappa shape index (κ1) is 17.7. The number of aryl methyl sites for hydroxylation is 1. The lowest BCUT2D eigenvalue weighted by Crippen LogP contribution is -2.49. The highest BCUT2D eigenvalue weighted by Gasteiger charge is 2.53. The smallest absolute Gasteiger partial charge is 0.412 e. The van der Waals surface area contributed by atoms with Gasteiger partial charge < -0.3 is 9.47 Å². The SMILES string of the molecule is Cc1ccccc1[C@H]1C=C[C@@]2(COc3ccccc32)N1C(=O)OC(C)(C)C. The normalized spacial score (nSPS) is 23.4. The molecule has 2 aliphatic heterocycles. The molecule has 2 aromatic rings. The molecule has 0 N–H and O–H groups in total. The van der Waals surface area contributed by atoms with E-state index in [1.54, 1.807) is 0 Å². The number of fused-ring (bicyclic) bond motifs is 2. The fourth-order valence-corrected chi connectivity index (χ4v) is 3.97. The zero-order valence-electron chi connectivity index (χ0n) is 16.2. The monoisotopic (exact) mass is 363 g/mol. The van der Waals surface area contributed by atoms with Gasteiger partial charge >= 0.3 is 6.09 Å². The minimum Gasteiger partial charge on any atom is -0.490 e. The summed E-state index contributed by atoms with van der Waals surface area (Å²) in [4.78, 5) is 15.2. The Morgan fingerprint density at radius 2 is 1.85 bits per heavy atom. The second-order valence-corrected chi connectivity index (χ2v) is 8.22. The molecule has 4 heteroatoms. The Hall–Kier alpha value is -2.75. The van der Waals surface area contributed by atoms with Crippen molar-refractivity contribution in [3.63, 3.8) is 0 Å². The predicted octanol–water partition coefficient (Wildman–Crippen LogP) is 5.13. The highest BCUT2D eigenvalue weighted by atomic mass is 16.6. The van der Waals surface area contributed by atoms with Gasteiger partial charge in [-0.25, -0.2) is 4.79 Å². The first-order valence-electron chi connectivity index (χ1n) is 9.31. The van der Waals surface area contributed by atoms with E-state index in [1.165, 1.54) is 0 Å². The maximum absolute atomic E-state index is 13.3. The maximum Gasteiger partial charge on any atom is 0.412 e. The molecular weight excluding hydrogens is 338 g/mol. The van der Waals surface area contributed by atoms with Crippen molar-refractivity contribution in [3.8, 4) is 5.75 Å². The molecule has 2 aliphatic rings. The van der Waals surface area contributed by atoms with Gasteiger partial charge in [0.2, 0.25) is 0 Å². The van der Waals surface area contributed by atoms with Crippen LogP contribution in [0.2, 0.25) is 0 Å². The molecule has 140 valence electrons. The van der Waals surface area contributed by atoms with E-state index in [0.717, 1.165) is 22.4 Å². The van der Waals surface area contributed by atoms with Gasteiger partial charge in [0.1, 0.15) is 23.5 Å². The standard InChI is InChI=1S/C23H25NO3/c1-16-9-5-6-10-17(16)19-13-14-23(24(19)21(25)27-22(2,3)4)15-26-20-12-8-7-11-18(20)23/h5-14,19H,15H2,1-4H3/t19-,23+/m1/s1. The Morgan fingerprint density at radius 1 is 1.15 bits per heavy atom. The van der Waals surface area contributed by atoms with Crippen LogP contribution in [0.15, 0.2) is 60.7 Å². The molecule has 1 spiro atoms. The van der Waals surface area contributed by atoms with Gasteiger partial charge in [0.15, 0.2) is 0 Å². The van der Waals surface area contributed by atoms with Gasteiger partial charge in [0.05, 0.1) is 6.04 Å². The van der Waals surface area contributed by atoms with Gasteiger partial charge in [-0.1, -0.05) is 54.6 Å². The first-order chi connectivity index (χ1) is 12.8. The summed E-state index contributed by atoms with van der Waals surface area (Å²) >= 11 is 0. The summed E-state index contributed by atoms with van der Waals surface area (Å²) in [6.45, 7) is 8.14. The van der Waals surface area contributed by atoms with E-state index in [2.05, 4.69) is 31.2 Å². The lowest BCUT2D eigenvalue weighted by molar-refractivity contribution is -0.00273. The number of hydrogen-bond donors (Lipinski definition) is 0. The van der Waals surface area contributed by atoms with Crippen LogP contribution < -0.4 is 4.74 Å². The summed E-state index contributed by atoms with van der Waals surface area (Å²) in [6, 6.07) is 15.9. The largest absolute Gasteiger partial charge is 0.490 e. The third-order valence-electron chi connectivity index (χ3n) is 5.16. The molecule has 0 aliphatic carbocycles. The van der Waals surface area contributed by atoms with Crippen LogP contribution in [0.3, 0.4) is 0 Å². The van der Waals surface area contributed by atoms with Crippen LogP contribution in [0.5, 0.6) is 5.75 Å². The minimum absolute atomic E-state index is 0.198. The molecule has 2 heterocycles. The molecule has 0 aromatic heterocycles. The molecule has 2 aromatic carbocycles. The van der Waals surface area contributed by atoms with Gasteiger partial charge in [-0.3, -0.25) is 4.90 Å². The number of carbonyl (C=O) groups is 1. The fraction of sp³-hybridized carbons (Fsp3) is 0.348. The summed E-state index contributed by atoms with van der Waals surface area (Å²) in [5.74, 6) is 0.821. The van der Waals surface area contributed by atoms with Gasteiger partial charge in [-0.15, -0.1) is 0 Å². The van der Waals surface area contributed by atoms with Crippen molar-refractivity contribution in [2.45, 2.75) is 44.9 Å². The molecule has 0 bridgehead atoms. The van der Waals surface area contributed by atoms with E-state index < -0.39 is 11.1 Å². The van der Waals surface area contributed by atoms with Crippen molar-refractivity contribution >= 4 is 6.09 Å². The molecule has 0 fully saturated rings. The predicted molar refractivity (Wildman–Crippen MR) is 105 cm³/mol.